The van der Waals surface area contributed by atoms with E-state index >= 15 is 0 Å². The van der Waals surface area contributed by atoms with Crippen molar-refractivity contribution in [2.45, 2.75) is 51.7 Å². The third-order valence-corrected chi connectivity index (χ3v) is 4.87. The molecule has 150 valence electrons. The molecule has 1 N–H and O–H groups in total. The van der Waals surface area contributed by atoms with Crippen molar-refractivity contribution >= 4 is 11.9 Å². The molecule has 3 unspecified atom stereocenters. The predicted octanol–water partition coefficient (Wildman–Crippen LogP) is 1.87. The highest BCUT2D eigenvalue weighted by atomic mass is 16.6. The van der Waals surface area contributed by atoms with Gasteiger partial charge in [0.05, 0.1) is 25.9 Å². The van der Waals surface area contributed by atoms with Crippen LogP contribution >= 0.6 is 0 Å². The lowest BCUT2D eigenvalue weighted by Gasteiger charge is -2.36. The molecule has 0 amide bonds. The van der Waals surface area contributed by atoms with E-state index in [-0.39, 0.29) is 25.7 Å². The average molecular weight is 372 g/mol. The predicted molar refractivity (Wildman–Crippen MR) is 95.5 cm³/mol. The number of hydrogen-bond acceptors (Lipinski definition) is 7. The summed E-state index contributed by atoms with van der Waals surface area (Å²) < 4.78 is 21.1. The molecule has 1 saturated carbocycles. The summed E-state index contributed by atoms with van der Waals surface area (Å²) in [6, 6.07) is 0. The first-order valence-electron chi connectivity index (χ1n) is 8.99. The molecule has 0 bridgehead atoms. The van der Waals surface area contributed by atoms with Crippen LogP contribution < -0.4 is 0 Å². The van der Waals surface area contributed by atoms with Crippen molar-refractivity contribution in [2.24, 2.45) is 11.3 Å². The Morgan fingerprint density at radius 1 is 1.19 bits per heavy atom. The largest absolute Gasteiger partial charge is 0.462 e. The molecule has 0 spiro atoms. The van der Waals surface area contributed by atoms with E-state index in [9.17, 15) is 14.7 Å². The number of aliphatic hydroxyl groups is 1. The summed E-state index contributed by atoms with van der Waals surface area (Å²) in [5.41, 5.74) is -0.530. The summed E-state index contributed by atoms with van der Waals surface area (Å²) in [5.74, 6) is -0.808. The zero-order chi connectivity index (χ0) is 19.7. The van der Waals surface area contributed by atoms with E-state index in [0.29, 0.717) is 31.3 Å². The first-order chi connectivity index (χ1) is 12.3. The van der Waals surface area contributed by atoms with Crippen molar-refractivity contribution in [3.8, 4) is 0 Å². The van der Waals surface area contributed by atoms with Crippen LogP contribution in [0.25, 0.3) is 0 Å². The van der Waals surface area contributed by atoms with Gasteiger partial charge in [-0.25, -0.2) is 4.79 Å². The highest BCUT2D eigenvalue weighted by molar-refractivity contribution is 5.86. The normalized spacial score (nSPS) is 23.3. The molecule has 3 atom stereocenters. The maximum atomic E-state index is 12.7. The molecule has 0 saturated heterocycles. The van der Waals surface area contributed by atoms with E-state index in [1.807, 2.05) is 6.92 Å². The monoisotopic (exact) mass is 372 g/mol. The van der Waals surface area contributed by atoms with E-state index < -0.39 is 29.6 Å². The Morgan fingerprint density at radius 2 is 1.81 bits per heavy atom. The van der Waals surface area contributed by atoms with Gasteiger partial charge in [-0.05, 0) is 38.5 Å². The molecule has 0 radical (unpaired) electrons. The average Bonchev–Trinajstić information content (AvgIpc) is 2.61. The summed E-state index contributed by atoms with van der Waals surface area (Å²) in [6.07, 6.45) is 0.773. The lowest BCUT2D eigenvalue weighted by atomic mass is 9.84. The molecule has 0 aromatic heterocycles. The standard InChI is InChI=1S/C19H32O7/c1-6-19(11-23-4,12-24-5)18(22)26-16-8-7-14(9-15(16)20)10-25-17(21)13(2)3/h14-16,20H,2,6-12H2,1,3-5H3. The van der Waals surface area contributed by atoms with Crippen LogP contribution in [0.3, 0.4) is 0 Å². The second-order valence-corrected chi connectivity index (χ2v) is 7.07. The highest BCUT2D eigenvalue weighted by Crippen LogP contribution is 2.31. The van der Waals surface area contributed by atoms with Crippen LogP contribution in [0.1, 0.15) is 39.5 Å². The van der Waals surface area contributed by atoms with Crippen LogP contribution in [0.5, 0.6) is 0 Å². The fourth-order valence-electron chi connectivity index (χ4n) is 3.13. The Bertz CT molecular complexity index is 482. The minimum Gasteiger partial charge on any atom is -0.462 e. The number of aliphatic hydroxyl groups excluding tert-OH is 1. The van der Waals surface area contributed by atoms with Crippen LogP contribution in [0.15, 0.2) is 12.2 Å². The molecule has 7 heteroatoms. The van der Waals surface area contributed by atoms with Crippen molar-refractivity contribution in [1.29, 1.82) is 0 Å². The smallest absolute Gasteiger partial charge is 0.333 e. The summed E-state index contributed by atoms with van der Waals surface area (Å²) >= 11 is 0. The zero-order valence-electron chi connectivity index (χ0n) is 16.3. The summed E-state index contributed by atoms with van der Waals surface area (Å²) in [5, 5.41) is 10.4. The molecular formula is C19H32O7. The van der Waals surface area contributed by atoms with Crippen molar-refractivity contribution in [2.75, 3.05) is 34.0 Å². The van der Waals surface area contributed by atoms with Crippen LogP contribution in [0.2, 0.25) is 0 Å². The number of carbonyl (C=O) groups excluding carboxylic acids is 2. The van der Waals surface area contributed by atoms with E-state index in [2.05, 4.69) is 6.58 Å². The van der Waals surface area contributed by atoms with E-state index in [4.69, 9.17) is 18.9 Å². The van der Waals surface area contributed by atoms with Crippen LogP contribution in [-0.4, -0.2) is 63.3 Å². The van der Waals surface area contributed by atoms with Gasteiger partial charge in [0.2, 0.25) is 0 Å². The van der Waals surface area contributed by atoms with Crippen molar-refractivity contribution < 1.29 is 33.6 Å². The zero-order valence-corrected chi connectivity index (χ0v) is 16.3. The van der Waals surface area contributed by atoms with Gasteiger partial charge in [0.1, 0.15) is 11.5 Å². The fraction of sp³-hybridized carbons (Fsp3) is 0.789. The summed E-state index contributed by atoms with van der Waals surface area (Å²) in [7, 11) is 3.05. The number of hydrogen-bond donors (Lipinski definition) is 1. The second kappa shape index (κ2) is 10.6. The van der Waals surface area contributed by atoms with E-state index in [0.717, 1.165) is 0 Å². The van der Waals surface area contributed by atoms with E-state index in [1.165, 1.54) is 14.2 Å². The first kappa shape index (κ1) is 22.6. The summed E-state index contributed by atoms with van der Waals surface area (Å²) in [4.78, 5) is 24.2. The Kier molecular flexibility index (Phi) is 9.25. The van der Waals surface area contributed by atoms with Crippen molar-refractivity contribution in [1.82, 2.24) is 0 Å². The number of ether oxygens (including phenoxy) is 4. The molecule has 1 rings (SSSR count). The minimum absolute atomic E-state index is 0.0390. The Hall–Kier alpha value is -1.44. The minimum atomic E-state index is -0.878. The van der Waals surface area contributed by atoms with E-state index in [1.54, 1.807) is 6.92 Å². The SMILES string of the molecule is C=C(C)C(=O)OCC1CCC(OC(=O)C(CC)(COC)COC)C(O)C1. The van der Waals surface area contributed by atoms with Gasteiger partial charge in [-0.1, -0.05) is 13.5 Å². The van der Waals surface area contributed by atoms with Gasteiger partial charge in [0, 0.05) is 19.8 Å². The molecule has 7 nitrogen and oxygen atoms in total. The third-order valence-electron chi connectivity index (χ3n) is 4.87. The maximum Gasteiger partial charge on any atom is 0.333 e. The molecule has 0 aromatic rings. The van der Waals surface area contributed by atoms with Crippen molar-refractivity contribution in [3.05, 3.63) is 12.2 Å². The lowest BCUT2D eigenvalue weighted by Crippen LogP contribution is -2.46. The molecule has 0 aliphatic heterocycles. The Morgan fingerprint density at radius 3 is 2.27 bits per heavy atom. The molecule has 1 fully saturated rings. The van der Waals surface area contributed by atoms with Crippen LogP contribution in [0, 0.1) is 11.3 Å². The Labute approximate surface area is 155 Å². The van der Waals surface area contributed by atoms with Gasteiger partial charge in [-0.3, -0.25) is 4.79 Å². The Balaban J connectivity index is 2.60. The van der Waals surface area contributed by atoms with Gasteiger partial charge in [-0.15, -0.1) is 0 Å². The molecule has 0 aromatic carbocycles. The molecule has 1 aliphatic carbocycles. The topological polar surface area (TPSA) is 91.3 Å². The number of rotatable bonds is 10. The number of esters is 2. The van der Waals surface area contributed by atoms with Gasteiger partial charge in [-0.2, -0.15) is 0 Å². The quantitative estimate of drug-likeness (QED) is 0.462. The third kappa shape index (κ3) is 6.07. The maximum absolute atomic E-state index is 12.7. The van der Waals surface area contributed by atoms with Gasteiger partial charge < -0.3 is 24.1 Å². The second-order valence-electron chi connectivity index (χ2n) is 7.07. The first-order valence-corrected chi connectivity index (χ1v) is 8.99. The number of carbonyl (C=O) groups is 2. The molecular weight excluding hydrogens is 340 g/mol. The lowest BCUT2D eigenvalue weighted by molar-refractivity contribution is -0.179. The van der Waals surface area contributed by atoms with Crippen LogP contribution in [0.4, 0.5) is 0 Å². The highest BCUT2D eigenvalue weighted by Gasteiger charge is 2.42. The van der Waals surface area contributed by atoms with Gasteiger partial charge in [0.15, 0.2) is 0 Å². The van der Waals surface area contributed by atoms with Crippen LogP contribution in [-0.2, 0) is 28.5 Å². The van der Waals surface area contributed by atoms with Crippen molar-refractivity contribution in [3.63, 3.8) is 0 Å². The molecule has 26 heavy (non-hydrogen) atoms. The van der Waals surface area contributed by atoms with Gasteiger partial charge >= 0.3 is 11.9 Å². The molecule has 1 aliphatic rings. The molecule has 0 heterocycles. The fourth-order valence-corrected chi connectivity index (χ4v) is 3.13. The number of methoxy groups -OCH3 is 2. The van der Waals surface area contributed by atoms with Gasteiger partial charge in [0.25, 0.3) is 0 Å². The summed E-state index contributed by atoms with van der Waals surface area (Å²) in [6.45, 7) is 7.62.